The second-order valence-corrected chi connectivity index (χ2v) is 8.32. The third kappa shape index (κ3) is 8.09. The predicted octanol–water partition coefficient (Wildman–Crippen LogP) is 6.20. The molecule has 0 atom stereocenters. The van der Waals surface area contributed by atoms with Gasteiger partial charge < -0.3 is 9.05 Å². The van der Waals surface area contributed by atoms with E-state index in [0.29, 0.717) is 13.2 Å². The van der Waals surface area contributed by atoms with E-state index in [2.05, 4.69) is 56.1 Å². The van der Waals surface area contributed by atoms with Crippen LogP contribution < -0.4 is 0 Å². The zero-order chi connectivity index (χ0) is 17.2. The second-order valence-electron chi connectivity index (χ2n) is 5.41. The third-order valence-electron chi connectivity index (χ3n) is 3.49. The molecule has 0 aliphatic carbocycles. The summed E-state index contributed by atoms with van der Waals surface area (Å²) in [6.45, 7) is 0.918. The van der Waals surface area contributed by atoms with Crippen molar-refractivity contribution in [2.45, 2.75) is 25.7 Å². The Kier molecular flexibility index (Phi) is 9.29. The minimum Gasteiger partial charge on any atom is -0.311 e. The first-order valence-electron chi connectivity index (χ1n) is 7.92. The lowest BCUT2D eigenvalue weighted by Crippen LogP contribution is -1.95. The fourth-order valence-corrected chi connectivity index (χ4v) is 3.44. The summed E-state index contributed by atoms with van der Waals surface area (Å²) in [6, 6.07) is 16.4. The molecule has 130 valence electrons. The van der Waals surface area contributed by atoms with Gasteiger partial charge in [0.15, 0.2) is 0 Å². The minimum atomic E-state index is -2.38. The Morgan fingerprint density at radius 2 is 1.08 bits per heavy atom. The van der Waals surface area contributed by atoms with E-state index in [9.17, 15) is 4.57 Å². The Balaban J connectivity index is 1.52. The smallest absolute Gasteiger partial charge is 0.311 e. The van der Waals surface area contributed by atoms with E-state index in [1.807, 2.05) is 24.3 Å². The Bertz CT molecular complexity index is 574. The van der Waals surface area contributed by atoms with Crippen LogP contribution in [0.25, 0.3) is 0 Å². The van der Waals surface area contributed by atoms with Crippen LogP contribution in [0, 0.1) is 0 Å². The molecule has 0 aromatic heterocycles. The summed E-state index contributed by atoms with van der Waals surface area (Å²) in [5.41, 5.74) is 2.49. The Labute approximate surface area is 161 Å². The average Bonchev–Trinajstić information content (AvgIpc) is 2.59. The Hall–Kier alpha value is -0.450. The van der Waals surface area contributed by atoms with Crippen molar-refractivity contribution in [2.75, 3.05) is 13.2 Å². The number of halogens is 2. The maximum atomic E-state index is 11.7. The van der Waals surface area contributed by atoms with E-state index >= 15 is 0 Å². The fourth-order valence-electron chi connectivity index (χ4n) is 2.21. The molecule has 0 aliphatic rings. The molecule has 0 saturated carbocycles. The molecule has 2 rings (SSSR count). The van der Waals surface area contributed by atoms with E-state index in [1.165, 1.54) is 11.1 Å². The average molecular weight is 476 g/mol. The largest absolute Gasteiger partial charge is 0.319 e. The molecule has 0 heterocycles. The minimum absolute atomic E-state index is 0.459. The van der Waals surface area contributed by atoms with Gasteiger partial charge in [0.1, 0.15) is 0 Å². The maximum absolute atomic E-state index is 11.7. The number of aryl methyl sites for hydroxylation is 2. The predicted molar refractivity (Wildman–Crippen MR) is 106 cm³/mol. The summed E-state index contributed by atoms with van der Waals surface area (Å²) in [6.07, 6.45) is 3.48. The monoisotopic (exact) mass is 474 g/mol. The summed E-state index contributed by atoms with van der Waals surface area (Å²) in [4.78, 5) is 0. The van der Waals surface area contributed by atoms with Crippen molar-refractivity contribution >= 4 is 40.1 Å². The van der Waals surface area contributed by atoms with Crippen molar-refractivity contribution in [1.29, 1.82) is 0 Å². The molecule has 0 bridgehead atoms. The molecular weight excluding hydrogens is 455 g/mol. The third-order valence-corrected chi connectivity index (χ3v) is 5.42. The highest BCUT2D eigenvalue weighted by Crippen LogP contribution is 2.24. The van der Waals surface area contributed by atoms with Crippen LogP contribution in [0.5, 0.6) is 0 Å². The van der Waals surface area contributed by atoms with E-state index in [4.69, 9.17) is 9.05 Å². The first-order valence-corrected chi connectivity index (χ1v) is 10.7. The molecule has 0 amide bonds. The van der Waals surface area contributed by atoms with Gasteiger partial charge in [-0.2, -0.15) is 0 Å². The van der Waals surface area contributed by atoms with Gasteiger partial charge >= 0.3 is 8.25 Å². The molecule has 0 radical (unpaired) electrons. The quantitative estimate of drug-likeness (QED) is 0.303. The Morgan fingerprint density at radius 1 is 0.708 bits per heavy atom. The van der Waals surface area contributed by atoms with Gasteiger partial charge in [-0.1, -0.05) is 56.1 Å². The molecule has 6 heteroatoms. The van der Waals surface area contributed by atoms with Crippen molar-refractivity contribution < 1.29 is 13.6 Å². The topological polar surface area (TPSA) is 35.5 Å². The lowest BCUT2D eigenvalue weighted by Gasteiger charge is -2.06. The van der Waals surface area contributed by atoms with Crippen LogP contribution in [0.1, 0.15) is 24.0 Å². The lowest BCUT2D eigenvalue weighted by atomic mass is 10.1. The summed E-state index contributed by atoms with van der Waals surface area (Å²) >= 11 is 6.83. The highest BCUT2D eigenvalue weighted by molar-refractivity contribution is 9.10. The highest BCUT2D eigenvalue weighted by Gasteiger charge is 2.01. The number of benzene rings is 2. The molecule has 0 aliphatic heterocycles. The highest BCUT2D eigenvalue weighted by atomic mass is 79.9. The van der Waals surface area contributed by atoms with Crippen LogP contribution in [-0.4, -0.2) is 13.2 Å². The van der Waals surface area contributed by atoms with Gasteiger partial charge in [0.2, 0.25) is 0 Å². The van der Waals surface area contributed by atoms with Gasteiger partial charge in [0.05, 0.1) is 13.2 Å². The van der Waals surface area contributed by atoms with Crippen LogP contribution in [0.2, 0.25) is 0 Å². The van der Waals surface area contributed by atoms with Crippen LogP contribution >= 0.6 is 40.1 Å². The van der Waals surface area contributed by atoms with Crippen molar-refractivity contribution in [3.05, 3.63) is 68.6 Å². The van der Waals surface area contributed by atoms with Crippen molar-refractivity contribution in [3.8, 4) is 0 Å². The molecule has 2 aromatic rings. The van der Waals surface area contributed by atoms with Gasteiger partial charge in [-0.3, -0.25) is 4.57 Å². The van der Waals surface area contributed by atoms with Gasteiger partial charge in [0.25, 0.3) is 0 Å². The van der Waals surface area contributed by atoms with Crippen LogP contribution in [-0.2, 0) is 26.5 Å². The number of rotatable bonds is 10. The number of hydrogen-bond donors (Lipinski definition) is 0. The first kappa shape index (κ1) is 19.9. The van der Waals surface area contributed by atoms with Crippen molar-refractivity contribution in [1.82, 2.24) is 0 Å². The molecule has 3 nitrogen and oxygen atoms in total. The molecular formula is C18H21Br2O3P. The maximum Gasteiger partial charge on any atom is 0.319 e. The van der Waals surface area contributed by atoms with Crippen LogP contribution in [0.4, 0.5) is 0 Å². The fraction of sp³-hybridized carbons (Fsp3) is 0.333. The molecule has 0 spiro atoms. The summed E-state index contributed by atoms with van der Waals surface area (Å²) in [7, 11) is -2.38. The van der Waals surface area contributed by atoms with Gasteiger partial charge in [0, 0.05) is 8.95 Å². The summed E-state index contributed by atoms with van der Waals surface area (Å²) < 4.78 is 24.4. The van der Waals surface area contributed by atoms with Crippen molar-refractivity contribution in [3.63, 3.8) is 0 Å². The normalized spacial score (nSPS) is 11.1. The van der Waals surface area contributed by atoms with E-state index in [-0.39, 0.29) is 0 Å². The Morgan fingerprint density at radius 3 is 1.46 bits per heavy atom. The van der Waals surface area contributed by atoms with E-state index < -0.39 is 8.25 Å². The van der Waals surface area contributed by atoms with Gasteiger partial charge in [-0.05, 0) is 61.1 Å². The first-order chi connectivity index (χ1) is 11.6. The molecule has 0 N–H and O–H groups in total. The van der Waals surface area contributed by atoms with Crippen LogP contribution in [0.3, 0.4) is 0 Å². The standard InChI is InChI=1S/C18H21Br2O3P/c19-17-9-5-15(6-10-17)3-1-13-22-24(21)23-14-2-4-16-7-11-18(20)12-8-16/h5-12,24H,1-4,13-14H2. The zero-order valence-electron chi connectivity index (χ0n) is 13.3. The molecule has 24 heavy (non-hydrogen) atoms. The molecule has 0 saturated heterocycles. The SMILES string of the molecule is O=[PH](OCCCc1ccc(Br)cc1)OCCCc1ccc(Br)cc1. The van der Waals surface area contributed by atoms with E-state index in [1.54, 1.807) is 0 Å². The van der Waals surface area contributed by atoms with Gasteiger partial charge in [-0.15, -0.1) is 0 Å². The number of hydrogen-bond acceptors (Lipinski definition) is 3. The van der Waals surface area contributed by atoms with E-state index in [0.717, 1.165) is 34.6 Å². The molecule has 0 unspecified atom stereocenters. The summed E-state index contributed by atoms with van der Waals surface area (Å²) in [5, 5.41) is 0. The zero-order valence-corrected chi connectivity index (χ0v) is 17.5. The molecule has 0 fully saturated rings. The van der Waals surface area contributed by atoms with Crippen molar-refractivity contribution in [2.24, 2.45) is 0 Å². The van der Waals surface area contributed by atoms with Gasteiger partial charge in [-0.25, -0.2) is 0 Å². The molecule has 2 aromatic carbocycles. The van der Waals surface area contributed by atoms with Crippen LogP contribution in [0.15, 0.2) is 57.5 Å². The second kappa shape index (κ2) is 11.2. The summed E-state index contributed by atoms with van der Waals surface area (Å²) in [5.74, 6) is 0. The lowest BCUT2D eigenvalue weighted by molar-refractivity contribution is 0.222.